The Labute approximate surface area is 96.6 Å². The molecule has 0 aliphatic heterocycles. The van der Waals surface area contributed by atoms with Crippen LogP contribution in [0.4, 0.5) is 4.39 Å². The molecular weight excluding hydrogens is 205 g/mol. The van der Waals surface area contributed by atoms with Gasteiger partial charge in [0.15, 0.2) is 11.6 Å². The van der Waals surface area contributed by atoms with Crippen LogP contribution in [-0.4, -0.2) is 13.7 Å². The highest BCUT2D eigenvalue weighted by molar-refractivity contribution is 5.37. The zero-order valence-electron chi connectivity index (χ0n) is 10.2. The van der Waals surface area contributed by atoms with Gasteiger partial charge in [-0.2, -0.15) is 0 Å². The molecule has 1 unspecified atom stereocenters. The van der Waals surface area contributed by atoms with E-state index in [1.54, 1.807) is 6.07 Å². The fourth-order valence-corrected chi connectivity index (χ4v) is 1.98. The van der Waals surface area contributed by atoms with E-state index in [0.29, 0.717) is 18.2 Å². The Kier molecular flexibility index (Phi) is 4.74. The zero-order valence-corrected chi connectivity index (χ0v) is 10.2. The molecule has 0 radical (unpaired) electrons. The first-order valence-corrected chi connectivity index (χ1v) is 5.62. The monoisotopic (exact) mass is 225 g/mol. The molecule has 0 aliphatic carbocycles. The minimum atomic E-state index is -0.317. The first-order chi connectivity index (χ1) is 7.60. The Morgan fingerprint density at radius 1 is 1.38 bits per heavy atom. The SMILES string of the molecule is COc1c(F)cccc1C(CN)CC(C)C. The maximum absolute atomic E-state index is 13.5. The summed E-state index contributed by atoms with van der Waals surface area (Å²) >= 11 is 0. The quantitative estimate of drug-likeness (QED) is 0.836. The van der Waals surface area contributed by atoms with Crippen LogP contribution in [-0.2, 0) is 0 Å². The summed E-state index contributed by atoms with van der Waals surface area (Å²) in [6.45, 7) is 4.78. The number of halogens is 1. The van der Waals surface area contributed by atoms with Gasteiger partial charge in [0.2, 0.25) is 0 Å². The second-order valence-corrected chi connectivity index (χ2v) is 4.42. The minimum Gasteiger partial charge on any atom is -0.493 e. The normalized spacial score (nSPS) is 12.9. The van der Waals surface area contributed by atoms with Crippen LogP contribution in [0.2, 0.25) is 0 Å². The second kappa shape index (κ2) is 5.85. The average Bonchev–Trinajstić information content (AvgIpc) is 2.25. The van der Waals surface area contributed by atoms with Gasteiger partial charge < -0.3 is 10.5 Å². The number of nitrogens with two attached hydrogens (primary N) is 1. The third-order valence-electron chi connectivity index (χ3n) is 2.68. The molecule has 2 nitrogen and oxygen atoms in total. The van der Waals surface area contributed by atoms with Gasteiger partial charge in [0, 0.05) is 11.5 Å². The summed E-state index contributed by atoms with van der Waals surface area (Å²) in [5.41, 5.74) is 6.62. The van der Waals surface area contributed by atoms with E-state index in [9.17, 15) is 4.39 Å². The Balaban J connectivity index is 3.04. The predicted molar refractivity (Wildman–Crippen MR) is 64.2 cm³/mol. The van der Waals surface area contributed by atoms with E-state index in [4.69, 9.17) is 10.5 Å². The molecule has 0 bridgehead atoms. The molecule has 16 heavy (non-hydrogen) atoms. The van der Waals surface area contributed by atoms with Crippen molar-refractivity contribution in [2.24, 2.45) is 11.7 Å². The van der Waals surface area contributed by atoms with Crippen molar-refractivity contribution < 1.29 is 9.13 Å². The van der Waals surface area contributed by atoms with Crippen molar-refractivity contribution in [3.05, 3.63) is 29.6 Å². The highest BCUT2D eigenvalue weighted by Crippen LogP contribution is 2.32. The summed E-state index contributed by atoms with van der Waals surface area (Å²) in [5.74, 6) is 0.702. The molecule has 0 saturated carbocycles. The molecule has 0 amide bonds. The van der Waals surface area contributed by atoms with Gasteiger partial charge in [-0.15, -0.1) is 0 Å². The molecule has 0 aromatic heterocycles. The molecule has 0 fully saturated rings. The van der Waals surface area contributed by atoms with Crippen LogP contribution in [0.1, 0.15) is 31.7 Å². The van der Waals surface area contributed by atoms with Crippen molar-refractivity contribution in [2.75, 3.05) is 13.7 Å². The average molecular weight is 225 g/mol. The lowest BCUT2D eigenvalue weighted by Gasteiger charge is -2.20. The molecule has 1 atom stereocenters. The Morgan fingerprint density at radius 2 is 2.06 bits per heavy atom. The summed E-state index contributed by atoms with van der Waals surface area (Å²) in [6.07, 6.45) is 0.941. The molecule has 2 N–H and O–H groups in total. The third kappa shape index (κ3) is 2.95. The highest BCUT2D eigenvalue weighted by atomic mass is 19.1. The highest BCUT2D eigenvalue weighted by Gasteiger charge is 2.18. The Hall–Kier alpha value is -1.09. The van der Waals surface area contributed by atoms with Gasteiger partial charge in [-0.05, 0) is 24.9 Å². The van der Waals surface area contributed by atoms with Crippen molar-refractivity contribution in [3.63, 3.8) is 0 Å². The predicted octanol–water partition coefficient (Wildman–Crippen LogP) is 2.92. The van der Waals surface area contributed by atoms with E-state index in [1.165, 1.54) is 13.2 Å². The lowest BCUT2D eigenvalue weighted by molar-refractivity contribution is 0.373. The topological polar surface area (TPSA) is 35.2 Å². The van der Waals surface area contributed by atoms with Crippen LogP contribution in [0.15, 0.2) is 18.2 Å². The fourth-order valence-electron chi connectivity index (χ4n) is 1.98. The maximum atomic E-state index is 13.5. The van der Waals surface area contributed by atoms with E-state index in [2.05, 4.69) is 13.8 Å². The van der Waals surface area contributed by atoms with Gasteiger partial charge >= 0.3 is 0 Å². The van der Waals surface area contributed by atoms with Crippen molar-refractivity contribution in [2.45, 2.75) is 26.2 Å². The van der Waals surface area contributed by atoms with Crippen molar-refractivity contribution >= 4 is 0 Å². The summed E-state index contributed by atoms with van der Waals surface area (Å²) in [6, 6.07) is 5.00. The Morgan fingerprint density at radius 3 is 2.56 bits per heavy atom. The van der Waals surface area contributed by atoms with Crippen LogP contribution in [0.5, 0.6) is 5.75 Å². The van der Waals surface area contributed by atoms with Gasteiger partial charge in [-0.25, -0.2) is 4.39 Å². The molecule has 0 heterocycles. The van der Waals surface area contributed by atoms with Crippen LogP contribution < -0.4 is 10.5 Å². The molecule has 90 valence electrons. The number of benzene rings is 1. The van der Waals surface area contributed by atoms with Gasteiger partial charge in [-0.1, -0.05) is 26.0 Å². The molecule has 3 heteroatoms. The molecule has 0 aliphatic rings. The standard InChI is InChI=1S/C13H20FNO/c1-9(2)7-10(8-15)11-5-4-6-12(14)13(11)16-3/h4-6,9-10H,7-8,15H2,1-3H3. The number of hydrogen-bond acceptors (Lipinski definition) is 2. The molecule has 1 aromatic rings. The summed E-state index contributed by atoms with van der Waals surface area (Å²) in [4.78, 5) is 0. The number of rotatable bonds is 5. The largest absolute Gasteiger partial charge is 0.493 e. The van der Waals surface area contributed by atoms with Gasteiger partial charge in [0.25, 0.3) is 0 Å². The number of para-hydroxylation sites is 1. The van der Waals surface area contributed by atoms with Crippen LogP contribution >= 0.6 is 0 Å². The van der Waals surface area contributed by atoms with E-state index in [-0.39, 0.29) is 11.7 Å². The van der Waals surface area contributed by atoms with Crippen molar-refractivity contribution in [3.8, 4) is 5.75 Å². The molecule has 0 saturated heterocycles. The van der Waals surface area contributed by atoms with Crippen molar-refractivity contribution in [1.29, 1.82) is 0 Å². The third-order valence-corrected chi connectivity index (χ3v) is 2.68. The van der Waals surface area contributed by atoms with E-state index in [1.807, 2.05) is 6.07 Å². The lowest BCUT2D eigenvalue weighted by Crippen LogP contribution is -2.16. The lowest BCUT2D eigenvalue weighted by atomic mass is 9.89. The molecule has 1 rings (SSSR count). The van der Waals surface area contributed by atoms with Crippen LogP contribution in [0, 0.1) is 11.7 Å². The molecular formula is C13H20FNO. The van der Waals surface area contributed by atoms with Gasteiger partial charge in [-0.3, -0.25) is 0 Å². The summed E-state index contributed by atoms with van der Waals surface area (Å²) in [5, 5.41) is 0. The van der Waals surface area contributed by atoms with Crippen LogP contribution in [0.3, 0.4) is 0 Å². The number of hydrogen-bond donors (Lipinski definition) is 1. The number of methoxy groups -OCH3 is 1. The molecule has 0 spiro atoms. The summed E-state index contributed by atoms with van der Waals surface area (Å²) in [7, 11) is 1.49. The van der Waals surface area contributed by atoms with Crippen LogP contribution in [0.25, 0.3) is 0 Å². The molecule has 1 aromatic carbocycles. The first kappa shape index (κ1) is 13.0. The van der Waals surface area contributed by atoms with Crippen molar-refractivity contribution in [1.82, 2.24) is 0 Å². The number of ether oxygens (including phenoxy) is 1. The summed E-state index contributed by atoms with van der Waals surface area (Å²) < 4.78 is 18.6. The second-order valence-electron chi connectivity index (χ2n) is 4.42. The first-order valence-electron chi connectivity index (χ1n) is 5.62. The smallest absolute Gasteiger partial charge is 0.165 e. The van der Waals surface area contributed by atoms with E-state index in [0.717, 1.165) is 12.0 Å². The van der Waals surface area contributed by atoms with Gasteiger partial charge in [0.1, 0.15) is 0 Å². The maximum Gasteiger partial charge on any atom is 0.165 e. The Bertz CT molecular complexity index is 339. The van der Waals surface area contributed by atoms with E-state index >= 15 is 0 Å². The minimum absolute atomic E-state index is 0.158. The zero-order chi connectivity index (χ0) is 12.1. The fraction of sp³-hybridized carbons (Fsp3) is 0.538. The van der Waals surface area contributed by atoms with E-state index < -0.39 is 0 Å². The van der Waals surface area contributed by atoms with Gasteiger partial charge in [0.05, 0.1) is 7.11 Å².